The molecule has 3 aromatic rings. The fourth-order valence-electron chi connectivity index (χ4n) is 2.91. The predicted molar refractivity (Wildman–Crippen MR) is 86.1 cm³/mol. The zero-order valence-corrected chi connectivity index (χ0v) is 13.7. The standard InChI is InChI=1S/C17H10ClF3N2O3/c18-12-7-11(17(19,20)21)5-10-6-13(25-14(10)12)8-2-1-3-9(4-8)15-22-16(24)26-23-15/h1-5,7,13H,6H2,(H,22,23,24)/t13-/m0/s1. The molecule has 4 rings (SSSR count). The molecule has 0 bridgehead atoms. The lowest BCUT2D eigenvalue weighted by molar-refractivity contribution is -0.137. The summed E-state index contributed by atoms with van der Waals surface area (Å²) < 4.78 is 49.1. The first-order valence-corrected chi connectivity index (χ1v) is 7.91. The first-order valence-electron chi connectivity index (χ1n) is 7.54. The van der Waals surface area contributed by atoms with Crippen molar-refractivity contribution in [2.75, 3.05) is 0 Å². The SMILES string of the molecule is O=c1[nH]c(-c2cccc([C@@H]3Cc4cc(C(F)(F)F)cc(Cl)c4O3)c2)no1. The molecule has 1 aromatic heterocycles. The van der Waals surface area contributed by atoms with Gasteiger partial charge in [-0.2, -0.15) is 13.2 Å². The third-order valence-electron chi connectivity index (χ3n) is 4.09. The summed E-state index contributed by atoms with van der Waals surface area (Å²) in [4.78, 5) is 13.5. The Bertz CT molecular complexity index is 1040. The van der Waals surface area contributed by atoms with Crippen molar-refractivity contribution in [2.24, 2.45) is 0 Å². The van der Waals surface area contributed by atoms with Gasteiger partial charge in [0.1, 0.15) is 11.9 Å². The van der Waals surface area contributed by atoms with Crippen LogP contribution in [0.4, 0.5) is 13.2 Å². The molecule has 0 amide bonds. The number of H-pyrrole nitrogens is 1. The second-order valence-corrected chi connectivity index (χ2v) is 6.23. The third-order valence-corrected chi connectivity index (χ3v) is 4.37. The second kappa shape index (κ2) is 5.91. The maximum Gasteiger partial charge on any atom is 0.439 e. The van der Waals surface area contributed by atoms with Crippen LogP contribution in [-0.4, -0.2) is 10.1 Å². The largest absolute Gasteiger partial charge is 0.484 e. The van der Waals surface area contributed by atoms with Crippen LogP contribution in [-0.2, 0) is 12.6 Å². The number of ether oxygens (including phenoxy) is 1. The number of fused-ring (bicyclic) bond motifs is 1. The Kier molecular flexibility index (Phi) is 3.80. The molecule has 0 spiro atoms. The highest BCUT2D eigenvalue weighted by molar-refractivity contribution is 6.32. The molecule has 0 saturated carbocycles. The summed E-state index contributed by atoms with van der Waals surface area (Å²) in [5.41, 5.74) is 0.900. The summed E-state index contributed by atoms with van der Waals surface area (Å²) in [6.45, 7) is 0. The molecular formula is C17H10ClF3N2O3. The first kappa shape index (κ1) is 16.7. The number of hydrogen-bond acceptors (Lipinski definition) is 4. The summed E-state index contributed by atoms with van der Waals surface area (Å²) in [6.07, 6.45) is -4.72. The lowest BCUT2D eigenvalue weighted by Crippen LogP contribution is -2.05. The fourth-order valence-corrected chi connectivity index (χ4v) is 3.19. The van der Waals surface area contributed by atoms with Gasteiger partial charge >= 0.3 is 11.9 Å². The number of nitrogens with zero attached hydrogens (tertiary/aromatic N) is 1. The molecule has 0 unspecified atom stereocenters. The van der Waals surface area contributed by atoms with Crippen LogP contribution in [0.5, 0.6) is 5.75 Å². The van der Waals surface area contributed by atoms with Gasteiger partial charge < -0.3 is 4.74 Å². The van der Waals surface area contributed by atoms with Crippen LogP contribution in [0, 0.1) is 0 Å². The Hall–Kier alpha value is -2.74. The van der Waals surface area contributed by atoms with Crippen molar-refractivity contribution in [1.82, 2.24) is 10.1 Å². The van der Waals surface area contributed by atoms with E-state index in [4.69, 9.17) is 16.3 Å². The van der Waals surface area contributed by atoms with Crippen LogP contribution in [0.3, 0.4) is 0 Å². The van der Waals surface area contributed by atoms with E-state index in [2.05, 4.69) is 14.7 Å². The van der Waals surface area contributed by atoms with Gasteiger partial charge in [0.25, 0.3) is 0 Å². The summed E-state index contributed by atoms with van der Waals surface area (Å²) in [7, 11) is 0. The highest BCUT2D eigenvalue weighted by atomic mass is 35.5. The van der Waals surface area contributed by atoms with Gasteiger partial charge in [0.2, 0.25) is 0 Å². The van der Waals surface area contributed by atoms with Crippen LogP contribution in [0.2, 0.25) is 5.02 Å². The topological polar surface area (TPSA) is 68.1 Å². The number of nitrogens with one attached hydrogen (secondary N) is 1. The summed E-state index contributed by atoms with van der Waals surface area (Å²) in [5.74, 6) is -0.170. The Balaban J connectivity index is 1.66. The number of aromatic nitrogens is 2. The normalized spacial score (nSPS) is 16.4. The summed E-state index contributed by atoms with van der Waals surface area (Å²) >= 11 is 5.98. The molecule has 2 aromatic carbocycles. The Morgan fingerprint density at radius 1 is 1.23 bits per heavy atom. The average molecular weight is 383 g/mol. The maximum absolute atomic E-state index is 13.0. The van der Waals surface area contributed by atoms with E-state index in [1.807, 2.05) is 0 Å². The molecule has 1 aliphatic heterocycles. The van der Waals surface area contributed by atoms with Gasteiger partial charge in [0.15, 0.2) is 5.82 Å². The summed E-state index contributed by atoms with van der Waals surface area (Å²) in [5, 5.41) is 3.54. The van der Waals surface area contributed by atoms with Gasteiger partial charge in [-0.15, -0.1) is 0 Å². The van der Waals surface area contributed by atoms with E-state index in [1.54, 1.807) is 24.3 Å². The van der Waals surface area contributed by atoms with Crippen LogP contribution in [0.15, 0.2) is 45.7 Å². The van der Waals surface area contributed by atoms with Crippen LogP contribution < -0.4 is 10.5 Å². The van der Waals surface area contributed by atoms with E-state index in [1.165, 1.54) is 0 Å². The number of rotatable bonds is 2. The molecule has 0 saturated heterocycles. The molecule has 1 aliphatic rings. The fraction of sp³-hybridized carbons (Fsp3) is 0.176. The van der Waals surface area contributed by atoms with Gasteiger partial charge in [-0.3, -0.25) is 9.51 Å². The molecule has 1 N–H and O–H groups in total. The highest BCUT2D eigenvalue weighted by Gasteiger charge is 2.35. The number of benzene rings is 2. The van der Waals surface area contributed by atoms with Crippen molar-refractivity contribution >= 4 is 11.6 Å². The number of aromatic amines is 1. The van der Waals surface area contributed by atoms with Gasteiger partial charge in [0, 0.05) is 17.5 Å². The van der Waals surface area contributed by atoms with Crippen molar-refractivity contribution in [3.05, 3.63) is 68.7 Å². The first-order chi connectivity index (χ1) is 12.3. The Labute approximate surface area is 149 Å². The predicted octanol–water partition coefficient (Wildman–Crippen LogP) is 4.38. The van der Waals surface area contributed by atoms with Gasteiger partial charge in [-0.25, -0.2) is 4.79 Å². The molecule has 26 heavy (non-hydrogen) atoms. The monoisotopic (exact) mass is 382 g/mol. The molecule has 5 nitrogen and oxygen atoms in total. The van der Waals surface area contributed by atoms with Crippen molar-refractivity contribution in [1.29, 1.82) is 0 Å². The number of hydrogen-bond donors (Lipinski definition) is 1. The van der Waals surface area contributed by atoms with Crippen molar-refractivity contribution in [2.45, 2.75) is 18.7 Å². The Morgan fingerprint density at radius 3 is 2.73 bits per heavy atom. The second-order valence-electron chi connectivity index (χ2n) is 5.82. The van der Waals surface area contributed by atoms with E-state index in [-0.39, 0.29) is 23.0 Å². The Morgan fingerprint density at radius 2 is 2.04 bits per heavy atom. The van der Waals surface area contributed by atoms with Crippen LogP contribution in [0.25, 0.3) is 11.4 Å². The number of alkyl halides is 3. The summed E-state index contributed by atoms with van der Waals surface area (Å²) in [6, 6.07) is 8.86. The molecule has 0 fully saturated rings. The molecular weight excluding hydrogens is 373 g/mol. The van der Waals surface area contributed by atoms with Gasteiger partial charge in [0.05, 0.1) is 10.6 Å². The van der Waals surface area contributed by atoms with E-state index in [9.17, 15) is 18.0 Å². The van der Waals surface area contributed by atoms with Crippen molar-refractivity contribution < 1.29 is 22.4 Å². The van der Waals surface area contributed by atoms with Gasteiger partial charge in [-0.05, 0) is 23.8 Å². The third kappa shape index (κ3) is 2.96. The number of halogens is 4. The lowest BCUT2D eigenvalue weighted by Gasteiger charge is -2.12. The smallest absolute Gasteiger partial charge is 0.439 e. The van der Waals surface area contributed by atoms with Gasteiger partial charge in [-0.1, -0.05) is 35.0 Å². The van der Waals surface area contributed by atoms with E-state index in [0.29, 0.717) is 16.7 Å². The average Bonchev–Trinajstić information content (AvgIpc) is 3.21. The van der Waals surface area contributed by atoms with E-state index in [0.717, 1.165) is 12.1 Å². The quantitative estimate of drug-likeness (QED) is 0.714. The zero-order valence-electron chi connectivity index (χ0n) is 12.9. The van der Waals surface area contributed by atoms with E-state index < -0.39 is 23.6 Å². The molecule has 2 heterocycles. The zero-order chi connectivity index (χ0) is 18.5. The molecule has 134 valence electrons. The lowest BCUT2D eigenvalue weighted by atomic mass is 10.0. The van der Waals surface area contributed by atoms with Crippen molar-refractivity contribution in [3.8, 4) is 17.1 Å². The highest BCUT2D eigenvalue weighted by Crippen LogP contribution is 2.45. The minimum atomic E-state index is -4.48. The molecule has 0 aliphatic carbocycles. The van der Waals surface area contributed by atoms with Crippen LogP contribution in [0.1, 0.15) is 22.8 Å². The molecule has 0 radical (unpaired) electrons. The van der Waals surface area contributed by atoms with Crippen LogP contribution >= 0.6 is 11.6 Å². The minimum Gasteiger partial charge on any atom is -0.484 e. The molecule has 1 atom stereocenters. The van der Waals surface area contributed by atoms with E-state index >= 15 is 0 Å². The molecule has 9 heteroatoms. The maximum atomic E-state index is 13.0. The van der Waals surface area contributed by atoms with Crippen molar-refractivity contribution in [3.63, 3.8) is 0 Å². The minimum absolute atomic E-state index is 0.0747.